The molecule has 0 aromatic heterocycles. The molecule has 0 unspecified atom stereocenters. The first-order valence-corrected chi connectivity index (χ1v) is 11.1. The normalized spacial score (nSPS) is 20.0. The molecule has 0 bridgehead atoms. The Hall–Kier alpha value is -2.81. The van der Waals surface area contributed by atoms with Crippen LogP contribution in [0.1, 0.15) is 40.0 Å². The topological polar surface area (TPSA) is 118 Å². The van der Waals surface area contributed by atoms with E-state index in [0.29, 0.717) is 16.4 Å². The molecule has 0 radical (unpaired) electrons. The van der Waals surface area contributed by atoms with Crippen molar-refractivity contribution in [2.45, 2.75) is 64.3 Å². The molecule has 3 atom stereocenters. The van der Waals surface area contributed by atoms with Crippen molar-refractivity contribution in [1.82, 2.24) is 5.32 Å². The molecule has 1 aromatic rings. The van der Waals surface area contributed by atoms with Crippen molar-refractivity contribution in [3.63, 3.8) is 0 Å². The molecule has 174 valence electrons. The van der Waals surface area contributed by atoms with Crippen molar-refractivity contribution >= 4 is 29.0 Å². The summed E-state index contributed by atoms with van der Waals surface area (Å²) in [6.45, 7) is 6.08. The Morgan fingerprint density at radius 2 is 2.09 bits per heavy atom. The van der Waals surface area contributed by atoms with E-state index < -0.39 is 24.2 Å². The summed E-state index contributed by atoms with van der Waals surface area (Å²) in [4.78, 5) is 15.4. The largest absolute Gasteiger partial charge is 0.497 e. The molecule has 32 heavy (non-hydrogen) atoms. The molecular formula is C22H31N5O4S. The summed E-state index contributed by atoms with van der Waals surface area (Å²) in [5.41, 5.74) is 10.3. The molecule has 2 rings (SSSR count). The van der Waals surface area contributed by atoms with Crippen LogP contribution in [-0.2, 0) is 14.3 Å². The number of azide groups is 1. The molecule has 0 amide bonds. The summed E-state index contributed by atoms with van der Waals surface area (Å²) in [6, 6.07) is 6.31. The van der Waals surface area contributed by atoms with Gasteiger partial charge in [-0.25, -0.2) is 4.79 Å². The predicted molar refractivity (Wildman–Crippen MR) is 128 cm³/mol. The molecule has 0 heterocycles. The highest BCUT2D eigenvalue weighted by molar-refractivity contribution is 7.80. The smallest absolute Gasteiger partial charge is 0.333 e. The van der Waals surface area contributed by atoms with Crippen molar-refractivity contribution in [2.24, 2.45) is 5.11 Å². The Kier molecular flexibility index (Phi) is 10.3. The molecule has 0 fully saturated rings. The number of nitrogens with zero attached hydrogens (tertiary/aromatic N) is 3. The van der Waals surface area contributed by atoms with E-state index in [2.05, 4.69) is 20.7 Å². The van der Waals surface area contributed by atoms with Gasteiger partial charge in [0.25, 0.3) is 0 Å². The van der Waals surface area contributed by atoms with Crippen LogP contribution in [0.25, 0.3) is 10.4 Å². The van der Waals surface area contributed by atoms with E-state index in [1.165, 1.54) is 0 Å². The van der Waals surface area contributed by atoms with E-state index in [1.54, 1.807) is 20.1 Å². The molecule has 10 heteroatoms. The molecule has 0 saturated carbocycles. The van der Waals surface area contributed by atoms with Crippen molar-refractivity contribution in [2.75, 3.05) is 19.0 Å². The molecular weight excluding hydrogens is 430 g/mol. The van der Waals surface area contributed by atoms with Gasteiger partial charge in [-0.15, -0.1) is 0 Å². The van der Waals surface area contributed by atoms with Gasteiger partial charge in [0.05, 0.1) is 38.0 Å². The number of ether oxygens (including phenoxy) is 3. The molecule has 0 aliphatic heterocycles. The van der Waals surface area contributed by atoms with Crippen LogP contribution in [0.2, 0.25) is 0 Å². The standard InChI is InChI=1S/C22H31N5O4S/c1-5-16(6-2)31-19-12-14(21(28)30-7-3)11-18(26-27-23)20(19)25-22(32)24-15-9-8-10-17(13-15)29-4/h8-10,12-13,16,18-20H,5-7,11H2,1-4H3,(H2,24,25,32)/t18-,19-,20+/m0/s1. The number of hydrogen-bond donors (Lipinski definition) is 2. The van der Waals surface area contributed by atoms with Crippen LogP contribution in [0, 0.1) is 0 Å². The van der Waals surface area contributed by atoms with Crippen molar-refractivity contribution in [3.05, 3.63) is 46.4 Å². The van der Waals surface area contributed by atoms with Crippen LogP contribution < -0.4 is 15.4 Å². The maximum atomic E-state index is 12.4. The summed E-state index contributed by atoms with van der Waals surface area (Å²) >= 11 is 5.51. The number of methoxy groups -OCH3 is 1. The van der Waals surface area contributed by atoms with Gasteiger partial charge in [0.1, 0.15) is 5.75 Å². The van der Waals surface area contributed by atoms with Crippen molar-refractivity contribution in [1.29, 1.82) is 0 Å². The van der Waals surface area contributed by atoms with Crippen LogP contribution in [0.5, 0.6) is 5.75 Å². The number of nitrogens with one attached hydrogen (secondary N) is 2. The monoisotopic (exact) mass is 461 g/mol. The van der Waals surface area contributed by atoms with E-state index in [1.807, 2.05) is 38.1 Å². The quantitative estimate of drug-likeness (QED) is 0.173. The number of carbonyl (C=O) groups is 1. The molecule has 1 aliphatic carbocycles. The fraction of sp³-hybridized carbons (Fsp3) is 0.545. The lowest BCUT2D eigenvalue weighted by Crippen LogP contribution is -2.54. The second-order valence-electron chi connectivity index (χ2n) is 7.28. The van der Waals surface area contributed by atoms with Crippen molar-refractivity contribution < 1.29 is 19.0 Å². The maximum absolute atomic E-state index is 12.4. The van der Waals surface area contributed by atoms with Gasteiger partial charge in [0.2, 0.25) is 0 Å². The Balaban J connectivity index is 2.29. The number of carbonyl (C=O) groups excluding carboxylic acids is 1. The molecule has 0 spiro atoms. The first kappa shape index (κ1) is 25.5. The summed E-state index contributed by atoms with van der Waals surface area (Å²) in [7, 11) is 1.59. The highest BCUT2D eigenvalue weighted by Crippen LogP contribution is 2.27. The minimum absolute atomic E-state index is 0.0197. The zero-order valence-corrected chi connectivity index (χ0v) is 19.7. The van der Waals surface area contributed by atoms with E-state index in [0.717, 1.165) is 18.5 Å². The number of esters is 1. The number of anilines is 1. The van der Waals surface area contributed by atoms with Gasteiger partial charge in [0, 0.05) is 22.2 Å². The number of rotatable bonds is 10. The third-order valence-electron chi connectivity index (χ3n) is 5.19. The number of hydrogen-bond acceptors (Lipinski definition) is 6. The minimum Gasteiger partial charge on any atom is -0.497 e. The average molecular weight is 462 g/mol. The summed E-state index contributed by atoms with van der Waals surface area (Å²) in [5.74, 6) is 0.263. The van der Waals surface area contributed by atoms with Gasteiger partial charge in [-0.3, -0.25) is 0 Å². The van der Waals surface area contributed by atoms with Gasteiger partial charge in [0.15, 0.2) is 5.11 Å². The van der Waals surface area contributed by atoms with Crippen LogP contribution >= 0.6 is 12.2 Å². The first-order valence-electron chi connectivity index (χ1n) is 10.7. The highest BCUT2D eigenvalue weighted by atomic mass is 32.1. The summed E-state index contributed by atoms with van der Waals surface area (Å²) in [5, 5.41) is 10.6. The SMILES string of the molecule is CCOC(=O)C1=C[C@H](OC(CC)CC)[C@H](NC(=S)Nc2cccc(OC)c2)[C@@H](N=[N+]=[N-])C1. The predicted octanol–water partition coefficient (Wildman–Crippen LogP) is 4.50. The van der Waals surface area contributed by atoms with Gasteiger partial charge in [-0.2, -0.15) is 0 Å². The Morgan fingerprint density at radius 1 is 1.34 bits per heavy atom. The van der Waals surface area contributed by atoms with Crippen LogP contribution in [-0.4, -0.2) is 49.1 Å². The molecule has 1 aromatic carbocycles. The van der Waals surface area contributed by atoms with Gasteiger partial charge < -0.3 is 24.8 Å². The lowest BCUT2D eigenvalue weighted by Gasteiger charge is -2.37. The van der Waals surface area contributed by atoms with E-state index >= 15 is 0 Å². The molecule has 9 nitrogen and oxygen atoms in total. The van der Waals surface area contributed by atoms with Gasteiger partial charge in [-0.05, 0) is 62.1 Å². The third kappa shape index (κ3) is 7.12. The number of benzene rings is 1. The summed E-state index contributed by atoms with van der Waals surface area (Å²) in [6.07, 6.45) is 3.04. The van der Waals surface area contributed by atoms with E-state index in [9.17, 15) is 4.79 Å². The second kappa shape index (κ2) is 12.9. The van der Waals surface area contributed by atoms with Gasteiger partial charge in [-0.1, -0.05) is 25.0 Å². The second-order valence-corrected chi connectivity index (χ2v) is 7.69. The Morgan fingerprint density at radius 3 is 2.72 bits per heavy atom. The van der Waals surface area contributed by atoms with E-state index in [-0.39, 0.29) is 19.1 Å². The Bertz CT molecular complexity index is 868. The molecule has 2 N–H and O–H groups in total. The zero-order valence-electron chi connectivity index (χ0n) is 18.9. The number of thiocarbonyl (C=S) groups is 1. The molecule has 1 aliphatic rings. The fourth-order valence-corrected chi connectivity index (χ4v) is 3.77. The lowest BCUT2D eigenvalue weighted by atomic mass is 9.88. The van der Waals surface area contributed by atoms with Crippen LogP contribution in [0.3, 0.4) is 0 Å². The zero-order chi connectivity index (χ0) is 23.5. The molecule has 0 saturated heterocycles. The van der Waals surface area contributed by atoms with Crippen LogP contribution in [0.4, 0.5) is 5.69 Å². The van der Waals surface area contributed by atoms with E-state index in [4.69, 9.17) is 32.0 Å². The third-order valence-corrected chi connectivity index (χ3v) is 5.41. The highest BCUT2D eigenvalue weighted by Gasteiger charge is 2.37. The van der Waals surface area contributed by atoms with Gasteiger partial charge >= 0.3 is 5.97 Å². The average Bonchev–Trinajstić information content (AvgIpc) is 2.79. The first-order chi connectivity index (χ1) is 15.4. The fourth-order valence-electron chi connectivity index (χ4n) is 3.52. The summed E-state index contributed by atoms with van der Waals surface area (Å²) < 4.78 is 16.7. The van der Waals surface area contributed by atoms with Crippen molar-refractivity contribution in [3.8, 4) is 5.75 Å². The lowest BCUT2D eigenvalue weighted by molar-refractivity contribution is -0.139. The van der Waals surface area contributed by atoms with Crippen LogP contribution in [0.15, 0.2) is 41.0 Å². The Labute approximate surface area is 194 Å². The minimum atomic E-state index is -0.589. The maximum Gasteiger partial charge on any atom is 0.333 e.